The molecule has 29 heavy (non-hydrogen) atoms. The van der Waals surface area contributed by atoms with Gasteiger partial charge in [-0.2, -0.15) is 13.2 Å². The molecule has 1 fully saturated rings. The summed E-state index contributed by atoms with van der Waals surface area (Å²) < 4.78 is 49.6. The average Bonchev–Trinajstić information content (AvgIpc) is 2.66. The maximum atomic E-state index is 12.8. The maximum absolute atomic E-state index is 12.8. The number of hydrogen-bond acceptors (Lipinski definition) is 3. The summed E-state index contributed by atoms with van der Waals surface area (Å²) in [6.45, 7) is 4.94. The fourth-order valence-corrected chi connectivity index (χ4v) is 3.27. The number of hydrogen-bond donors (Lipinski definition) is 2. The van der Waals surface area contributed by atoms with Crippen LogP contribution in [0, 0.1) is 5.92 Å². The summed E-state index contributed by atoms with van der Waals surface area (Å²) >= 11 is 0. The third-order valence-electron chi connectivity index (χ3n) is 4.78. The summed E-state index contributed by atoms with van der Waals surface area (Å²) in [5, 5.41) is 6.41. The summed E-state index contributed by atoms with van der Waals surface area (Å²) in [6, 6.07) is 7.41. The fraction of sp³-hybridized carbons (Fsp3) is 0.650. The van der Waals surface area contributed by atoms with Crippen molar-refractivity contribution >= 4 is 29.9 Å². The molecule has 1 unspecified atom stereocenters. The van der Waals surface area contributed by atoms with Crippen molar-refractivity contribution in [3.05, 3.63) is 24.3 Å². The molecule has 1 aliphatic rings. The number of guanidine groups is 1. The van der Waals surface area contributed by atoms with Crippen LogP contribution in [-0.2, 0) is 0 Å². The highest BCUT2D eigenvalue weighted by Gasteiger charge is 2.41. The van der Waals surface area contributed by atoms with Crippen LogP contribution < -0.4 is 20.1 Å². The van der Waals surface area contributed by atoms with E-state index in [-0.39, 0.29) is 49.0 Å². The smallest absolute Gasteiger partial charge is 0.391 e. The summed E-state index contributed by atoms with van der Waals surface area (Å²) in [6.07, 6.45) is -2.98. The molecule has 0 spiro atoms. The van der Waals surface area contributed by atoms with E-state index >= 15 is 0 Å². The quantitative estimate of drug-likeness (QED) is 0.304. The van der Waals surface area contributed by atoms with Crippen LogP contribution in [-0.4, -0.2) is 44.5 Å². The van der Waals surface area contributed by atoms with Gasteiger partial charge >= 0.3 is 6.18 Å². The Kier molecular flexibility index (Phi) is 10.9. The van der Waals surface area contributed by atoms with Crippen molar-refractivity contribution in [1.29, 1.82) is 0 Å². The van der Waals surface area contributed by atoms with E-state index in [2.05, 4.69) is 15.6 Å². The van der Waals surface area contributed by atoms with E-state index in [0.717, 1.165) is 0 Å². The second-order valence-corrected chi connectivity index (χ2v) is 7.03. The SMILES string of the molecule is CCNC(=NCC(C)Oc1ccccc1OC)NC1CCC(C(F)(F)F)CC1.I. The number of rotatable bonds is 7. The van der Waals surface area contributed by atoms with Crippen molar-refractivity contribution in [3.63, 3.8) is 0 Å². The number of methoxy groups -OCH3 is 1. The van der Waals surface area contributed by atoms with Crippen LogP contribution in [0.1, 0.15) is 39.5 Å². The molecule has 0 saturated heterocycles. The van der Waals surface area contributed by atoms with E-state index in [4.69, 9.17) is 9.47 Å². The molecule has 5 nitrogen and oxygen atoms in total. The molecule has 0 amide bonds. The van der Waals surface area contributed by atoms with Gasteiger partial charge in [0.25, 0.3) is 0 Å². The minimum Gasteiger partial charge on any atom is -0.493 e. The highest BCUT2D eigenvalue weighted by molar-refractivity contribution is 14.0. The number of para-hydroxylation sites is 2. The molecule has 0 heterocycles. The van der Waals surface area contributed by atoms with Crippen LogP contribution >= 0.6 is 24.0 Å². The number of nitrogens with zero attached hydrogens (tertiary/aromatic N) is 1. The van der Waals surface area contributed by atoms with Gasteiger partial charge in [-0.1, -0.05) is 12.1 Å². The third-order valence-corrected chi connectivity index (χ3v) is 4.78. The minimum absolute atomic E-state index is 0. The second kappa shape index (κ2) is 12.3. The number of nitrogens with one attached hydrogen (secondary N) is 2. The zero-order valence-electron chi connectivity index (χ0n) is 17.1. The van der Waals surface area contributed by atoms with Gasteiger partial charge in [-0.3, -0.25) is 0 Å². The summed E-state index contributed by atoms with van der Waals surface area (Å²) in [7, 11) is 1.59. The van der Waals surface area contributed by atoms with Crippen molar-refractivity contribution in [1.82, 2.24) is 10.6 Å². The molecule has 1 saturated carbocycles. The van der Waals surface area contributed by atoms with Crippen LogP contribution in [0.25, 0.3) is 0 Å². The van der Waals surface area contributed by atoms with Gasteiger partial charge in [0.05, 0.1) is 19.6 Å². The van der Waals surface area contributed by atoms with Crippen LogP contribution in [0.3, 0.4) is 0 Å². The molecule has 1 aromatic rings. The zero-order valence-corrected chi connectivity index (χ0v) is 19.4. The monoisotopic (exact) mass is 529 g/mol. The Labute approximate surface area is 187 Å². The lowest BCUT2D eigenvalue weighted by Crippen LogP contribution is -2.46. The maximum Gasteiger partial charge on any atom is 0.391 e. The lowest BCUT2D eigenvalue weighted by molar-refractivity contribution is -0.182. The number of halogens is 4. The van der Waals surface area contributed by atoms with Gasteiger partial charge in [-0.25, -0.2) is 4.99 Å². The zero-order chi connectivity index (χ0) is 20.6. The molecule has 0 aliphatic heterocycles. The molecule has 1 aromatic carbocycles. The number of ether oxygens (including phenoxy) is 2. The first kappa shape index (κ1) is 25.6. The minimum atomic E-state index is -4.09. The van der Waals surface area contributed by atoms with E-state index < -0.39 is 12.1 Å². The third kappa shape index (κ3) is 8.47. The van der Waals surface area contributed by atoms with Crippen molar-refractivity contribution in [2.24, 2.45) is 10.9 Å². The molecule has 0 bridgehead atoms. The van der Waals surface area contributed by atoms with Gasteiger partial charge in [0.15, 0.2) is 17.5 Å². The van der Waals surface area contributed by atoms with Gasteiger partial charge < -0.3 is 20.1 Å². The Morgan fingerprint density at radius 2 is 1.79 bits per heavy atom. The van der Waals surface area contributed by atoms with Crippen LogP contribution in [0.5, 0.6) is 11.5 Å². The molecular formula is C20H31F3IN3O2. The summed E-state index contributed by atoms with van der Waals surface area (Å²) in [5.74, 6) is 0.730. The number of benzene rings is 1. The normalized spacial score (nSPS) is 21.0. The average molecular weight is 529 g/mol. The Bertz CT molecular complexity index is 636. The van der Waals surface area contributed by atoms with Gasteiger partial charge in [-0.05, 0) is 51.7 Å². The Morgan fingerprint density at radius 1 is 1.17 bits per heavy atom. The fourth-order valence-electron chi connectivity index (χ4n) is 3.27. The topological polar surface area (TPSA) is 54.9 Å². The van der Waals surface area contributed by atoms with Crippen molar-refractivity contribution in [2.75, 3.05) is 20.2 Å². The van der Waals surface area contributed by atoms with Crippen molar-refractivity contribution in [3.8, 4) is 11.5 Å². The molecule has 2 rings (SSSR count). The molecule has 1 atom stereocenters. The highest BCUT2D eigenvalue weighted by atomic mass is 127. The van der Waals surface area contributed by atoms with E-state index in [1.165, 1.54) is 0 Å². The molecular weight excluding hydrogens is 498 g/mol. The second-order valence-electron chi connectivity index (χ2n) is 7.03. The lowest BCUT2D eigenvalue weighted by Gasteiger charge is -2.31. The summed E-state index contributed by atoms with van der Waals surface area (Å²) in [4.78, 5) is 4.53. The van der Waals surface area contributed by atoms with Gasteiger partial charge in [0, 0.05) is 12.6 Å². The van der Waals surface area contributed by atoms with Gasteiger partial charge in [-0.15, -0.1) is 24.0 Å². The van der Waals surface area contributed by atoms with Crippen LogP contribution in [0.4, 0.5) is 13.2 Å². The largest absolute Gasteiger partial charge is 0.493 e. The Hall–Kier alpha value is -1.39. The highest BCUT2D eigenvalue weighted by Crippen LogP contribution is 2.37. The molecule has 9 heteroatoms. The molecule has 0 aromatic heterocycles. The van der Waals surface area contributed by atoms with Gasteiger partial charge in [0.2, 0.25) is 0 Å². The lowest BCUT2D eigenvalue weighted by atomic mass is 9.85. The first-order valence-corrected chi connectivity index (χ1v) is 9.74. The van der Waals surface area contributed by atoms with Crippen molar-refractivity contribution in [2.45, 2.75) is 57.9 Å². The van der Waals surface area contributed by atoms with E-state index in [1.54, 1.807) is 7.11 Å². The summed E-state index contributed by atoms with van der Waals surface area (Å²) in [5.41, 5.74) is 0. The Morgan fingerprint density at radius 3 is 2.34 bits per heavy atom. The van der Waals surface area contributed by atoms with E-state index in [1.807, 2.05) is 38.1 Å². The van der Waals surface area contributed by atoms with E-state index in [0.29, 0.717) is 43.4 Å². The number of alkyl halides is 3. The van der Waals surface area contributed by atoms with Crippen molar-refractivity contribution < 1.29 is 22.6 Å². The standard InChI is InChI=1S/C20H30F3N3O2.HI/c1-4-24-19(26-16-11-9-15(10-12-16)20(21,22)23)25-13-14(2)28-18-8-6-5-7-17(18)27-3;/h5-8,14-16H,4,9-13H2,1-3H3,(H2,24,25,26);1H. The predicted octanol–water partition coefficient (Wildman–Crippen LogP) is 4.76. The van der Waals surface area contributed by atoms with Crippen LogP contribution in [0.2, 0.25) is 0 Å². The molecule has 1 aliphatic carbocycles. The molecule has 2 N–H and O–H groups in total. The van der Waals surface area contributed by atoms with Crippen LogP contribution in [0.15, 0.2) is 29.3 Å². The molecule has 166 valence electrons. The number of aliphatic imine (C=N–C) groups is 1. The first-order valence-electron chi connectivity index (χ1n) is 9.74. The Balaban J connectivity index is 0.00000420. The molecule has 0 radical (unpaired) electrons. The van der Waals surface area contributed by atoms with Gasteiger partial charge in [0.1, 0.15) is 6.10 Å². The predicted molar refractivity (Wildman–Crippen MR) is 119 cm³/mol. The first-order chi connectivity index (χ1) is 13.3. The van der Waals surface area contributed by atoms with E-state index in [9.17, 15) is 13.2 Å².